The number of nitrogens with one attached hydrogen (secondary N) is 1. The molecule has 98 valence electrons. The average Bonchev–Trinajstić information content (AvgIpc) is 2.72. The van der Waals surface area contributed by atoms with Crippen LogP contribution in [0.4, 0.5) is 0 Å². The maximum Gasteiger partial charge on any atom is 0.0813 e. The molecule has 0 radical (unpaired) electrons. The normalized spacial score (nSPS) is 13.2. The lowest BCUT2D eigenvalue weighted by Gasteiger charge is -2.10. The van der Waals surface area contributed by atoms with Crippen LogP contribution in [0.1, 0.15) is 50.3 Å². The molecule has 1 rings (SSSR count). The number of rotatable bonds is 8. The van der Waals surface area contributed by atoms with Crippen molar-refractivity contribution in [1.82, 2.24) is 5.32 Å². The van der Waals surface area contributed by atoms with Crippen LogP contribution in [0, 0.1) is 0 Å². The highest BCUT2D eigenvalue weighted by molar-refractivity contribution is 7.11. The van der Waals surface area contributed by atoms with Crippen LogP contribution in [0.25, 0.3) is 0 Å². The molecule has 1 aromatic heterocycles. The predicted octanol–water partition coefficient (Wildman–Crippen LogP) is 3.95. The van der Waals surface area contributed by atoms with Crippen LogP contribution in [0.5, 0.6) is 0 Å². The van der Waals surface area contributed by atoms with Gasteiger partial charge >= 0.3 is 0 Å². The second-order valence-electron chi connectivity index (χ2n) is 4.81. The van der Waals surface area contributed by atoms with Gasteiger partial charge in [-0.2, -0.15) is 0 Å². The summed E-state index contributed by atoms with van der Waals surface area (Å²) < 4.78 is 5.80. The van der Waals surface area contributed by atoms with Crippen molar-refractivity contribution in [2.75, 3.05) is 0 Å². The van der Waals surface area contributed by atoms with Crippen molar-refractivity contribution in [3.05, 3.63) is 21.9 Å². The minimum absolute atomic E-state index is 0.374. The number of hydrogen-bond donors (Lipinski definition) is 1. The zero-order chi connectivity index (χ0) is 12.7. The Hall–Kier alpha value is -0.380. The van der Waals surface area contributed by atoms with Crippen molar-refractivity contribution in [1.29, 1.82) is 0 Å². The molecule has 0 aliphatic rings. The molecule has 0 spiro atoms. The van der Waals surface area contributed by atoms with Gasteiger partial charge in [0.1, 0.15) is 0 Å². The van der Waals surface area contributed by atoms with Gasteiger partial charge in [-0.1, -0.05) is 27.2 Å². The topological polar surface area (TPSA) is 21.3 Å². The number of thiophene rings is 1. The van der Waals surface area contributed by atoms with Gasteiger partial charge in [0.15, 0.2) is 0 Å². The smallest absolute Gasteiger partial charge is 0.0813 e. The molecule has 0 saturated carbocycles. The first-order valence-corrected chi connectivity index (χ1v) is 7.36. The molecular weight excluding hydrogens is 230 g/mol. The summed E-state index contributed by atoms with van der Waals surface area (Å²) in [6.45, 7) is 10.4. The molecule has 0 aliphatic heterocycles. The minimum atomic E-state index is 0.374. The van der Waals surface area contributed by atoms with E-state index in [0.717, 1.165) is 19.6 Å². The molecule has 1 heterocycles. The Bertz CT molecular complexity index is 309. The maximum atomic E-state index is 5.80. The fourth-order valence-corrected chi connectivity index (χ4v) is 2.51. The molecule has 1 aromatic rings. The molecule has 1 atom stereocenters. The van der Waals surface area contributed by atoms with E-state index in [9.17, 15) is 0 Å². The van der Waals surface area contributed by atoms with E-state index in [4.69, 9.17) is 4.74 Å². The van der Waals surface area contributed by atoms with E-state index < -0.39 is 0 Å². The van der Waals surface area contributed by atoms with Crippen LogP contribution in [0.3, 0.4) is 0 Å². The van der Waals surface area contributed by atoms with Gasteiger partial charge in [0.05, 0.1) is 12.7 Å². The van der Waals surface area contributed by atoms with Gasteiger partial charge in [-0.05, 0) is 25.5 Å². The van der Waals surface area contributed by atoms with E-state index in [-0.39, 0.29) is 0 Å². The molecule has 0 saturated heterocycles. The Kier molecular flexibility index (Phi) is 6.78. The lowest BCUT2D eigenvalue weighted by atomic mass is 10.2. The Morgan fingerprint density at radius 3 is 2.59 bits per heavy atom. The second-order valence-corrected chi connectivity index (χ2v) is 6.07. The van der Waals surface area contributed by atoms with Gasteiger partial charge in [-0.3, -0.25) is 0 Å². The van der Waals surface area contributed by atoms with Gasteiger partial charge in [0.2, 0.25) is 0 Å². The van der Waals surface area contributed by atoms with E-state index in [1.165, 1.54) is 16.2 Å². The first-order valence-electron chi connectivity index (χ1n) is 6.54. The van der Waals surface area contributed by atoms with Crippen molar-refractivity contribution in [3.8, 4) is 0 Å². The van der Waals surface area contributed by atoms with Crippen molar-refractivity contribution in [2.24, 2.45) is 0 Å². The fourth-order valence-electron chi connectivity index (χ4n) is 1.61. The van der Waals surface area contributed by atoms with Crippen LogP contribution >= 0.6 is 11.3 Å². The molecule has 0 amide bonds. The monoisotopic (exact) mass is 255 g/mol. The summed E-state index contributed by atoms with van der Waals surface area (Å²) in [4.78, 5) is 2.72. The quantitative estimate of drug-likeness (QED) is 0.759. The Morgan fingerprint density at radius 2 is 1.94 bits per heavy atom. The van der Waals surface area contributed by atoms with Crippen molar-refractivity contribution in [3.63, 3.8) is 0 Å². The number of ether oxygens (including phenoxy) is 1. The Balaban J connectivity index is 2.30. The van der Waals surface area contributed by atoms with Crippen molar-refractivity contribution < 1.29 is 4.74 Å². The molecule has 0 aromatic carbocycles. The summed E-state index contributed by atoms with van der Waals surface area (Å²) in [6.07, 6.45) is 2.71. The maximum absolute atomic E-state index is 5.80. The molecule has 1 unspecified atom stereocenters. The van der Waals surface area contributed by atoms with Crippen LogP contribution in [-0.2, 0) is 17.9 Å². The molecular formula is C14H25NOS. The molecule has 0 fully saturated rings. The van der Waals surface area contributed by atoms with Crippen LogP contribution < -0.4 is 5.32 Å². The first kappa shape index (κ1) is 14.7. The zero-order valence-electron chi connectivity index (χ0n) is 11.5. The summed E-state index contributed by atoms with van der Waals surface area (Å²) in [5.74, 6) is 0. The second kappa shape index (κ2) is 7.85. The fraction of sp³-hybridized carbons (Fsp3) is 0.714. The van der Waals surface area contributed by atoms with Gasteiger partial charge in [-0.25, -0.2) is 0 Å². The van der Waals surface area contributed by atoms with Gasteiger partial charge < -0.3 is 10.1 Å². The van der Waals surface area contributed by atoms with Crippen molar-refractivity contribution in [2.45, 2.75) is 65.8 Å². The average molecular weight is 255 g/mol. The van der Waals surface area contributed by atoms with Crippen molar-refractivity contribution >= 4 is 11.3 Å². The molecule has 3 heteroatoms. The van der Waals surface area contributed by atoms with Crippen LogP contribution in [0.2, 0.25) is 0 Å². The Morgan fingerprint density at radius 1 is 1.24 bits per heavy atom. The van der Waals surface area contributed by atoms with Gasteiger partial charge in [0.25, 0.3) is 0 Å². The molecule has 0 aliphatic carbocycles. The van der Waals surface area contributed by atoms with Gasteiger partial charge in [0, 0.05) is 22.3 Å². The van der Waals surface area contributed by atoms with E-state index in [0.29, 0.717) is 12.1 Å². The minimum Gasteiger partial charge on any atom is -0.373 e. The van der Waals surface area contributed by atoms with Gasteiger partial charge in [-0.15, -0.1) is 11.3 Å². The summed E-state index contributed by atoms with van der Waals surface area (Å²) in [6, 6.07) is 4.92. The summed E-state index contributed by atoms with van der Waals surface area (Å²) >= 11 is 1.85. The summed E-state index contributed by atoms with van der Waals surface area (Å²) in [7, 11) is 0. The third kappa shape index (κ3) is 6.20. The molecule has 1 N–H and O–H groups in total. The first-order chi connectivity index (χ1) is 8.11. The highest BCUT2D eigenvalue weighted by atomic mass is 32.1. The summed E-state index contributed by atoms with van der Waals surface area (Å²) in [5.41, 5.74) is 0. The molecule has 0 bridgehead atoms. The number of hydrogen-bond acceptors (Lipinski definition) is 3. The van der Waals surface area contributed by atoms with E-state index >= 15 is 0 Å². The molecule has 17 heavy (non-hydrogen) atoms. The Labute approximate surface area is 109 Å². The third-order valence-electron chi connectivity index (χ3n) is 2.61. The predicted molar refractivity (Wildman–Crippen MR) is 75.5 cm³/mol. The van der Waals surface area contributed by atoms with E-state index in [1.54, 1.807) is 0 Å². The lowest BCUT2D eigenvalue weighted by molar-refractivity contribution is 0.0488. The highest BCUT2D eigenvalue weighted by Crippen LogP contribution is 2.18. The highest BCUT2D eigenvalue weighted by Gasteiger charge is 2.04. The standard InChI is InChI=1S/C14H25NOS/c1-5-6-12(4)16-10-14-8-7-13(17-14)9-15-11(2)3/h7-8,11-12,15H,5-6,9-10H2,1-4H3. The lowest BCUT2D eigenvalue weighted by Crippen LogP contribution is -2.21. The van der Waals surface area contributed by atoms with E-state index in [2.05, 4.69) is 45.1 Å². The SMILES string of the molecule is CCCC(C)OCc1ccc(CNC(C)C)s1. The zero-order valence-corrected chi connectivity index (χ0v) is 12.3. The van der Waals surface area contributed by atoms with Crippen LogP contribution in [0.15, 0.2) is 12.1 Å². The molecule has 2 nitrogen and oxygen atoms in total. The third-order valence-corrected chi connectivity index (χ3v) is 3.67. The van der Waals surface area contributed by atoms with E-state index in [1.807, 2.05) is 11.3 Å². The largest absolute Gasteiger partial charge is 0.373 e. The van der Waals surface area contributed by atoms with Crippen LogP contribution in [-0.4, -0.2) is 12.1 Å². The summed E-state index contributed by atoms with van der Waals surface area (Å²) in [5, 5.41) is 3.43.